The smallest absolute Gasteiger partial charge is 0.230 e. The predicted molar refractivity (Wildman–Crippen MR) is 85.1 cm³/mol. The Hall–Kier alpha value is -1.55. The van der Waals surface area contributed by atoms with Crippen LogP contribution in [0.15, 0.2) is 24.3 Å². The van der Waals surface area contributed by atoms with Crippen molar-refractivity contribution in [3.63, 3.8) is 0 Å². The molecule has 2 fully saturated rings. The highest BCUT2D eigenvalue weighted by atomic mass is 16.5. The van der Waals surface area contributed by atoms with Crippen LogP contribution < -0.4 is 10.1 Å². The molecule has 1 amide bonds. The van der Waals surface area contributed by atoms with E-state index in [1.54, 1.807) is 7.11 Å². The minimum Gasteiger partial charge on any atom is -0.497 e. The highest BCUT2D eigenvalue weighted by Crippen LogP contribution is 2.41. The fourth-order valence-corrected chi connectivity index (χ4v) is 3.72. The quantitative estimate of drug-likeness (QED) is 0.910. The first kappa shape index (κ1) is 15.3. The van der Waals surface area contributed by atoms with Crippen LogP contribution in [0.3, 0.4) is 0 Å². The molecule has 1 saturated heterocycles. The number of hydrogen-bond acceptors (Lipinski definition) is 3. The van der Waals surface area contributed by atoms with Gasteiger partial charge in [0.05, 0.1) is 18.6 Å². The Morgan fingerprint density at radius 1 is 1.27 bits per heavy atom. The highest BCUT2D eigenvalue weighted by Gasteiger charge is 2.42. The third kappa shape index (κ3) is 2.98. The minimum absolute atomic E-state index is 0.158. The van der Waals surface area contributed by atoms with Crippen LogP contribution in [0, 0.1) is 0 Å². The summed E-state index contributed by atoms with van der Waals surface area (Å²) in [4.78, 5) is 12.9. The summed E-state index contributed by atoms with van der Waals surface area (Å²) in [5.41, 5.74) is 0.737. The van der Waals surface area contributed by atoms with Gasteiger partial charge < -0.3 is 14.8 Å². The molecule has 1 aromatic rings. The monoisotopic (exact) mass is 303 g/mol. The van der Waals surface area contributed by atoms with Gasteiger partial charge in [-0.1, -0.05) is 25.0 Å². The van der Waals surface area contributed by atoms with Crippen LogP contribution >= 0.6 is 0 Å². The number of rotatable bonds is 5. The molecule has 1 aliphatic heterocycles. The molecule has 0 bridgehead atoms. The van der Waals surface area contributed by atoms with Crippen molar-refractivity contribution >= 4 is 5.91 Å². The van der Waals surface area contributed by atoms with Gasteiger partial charge in [-0.2, -0.15) is 0 Å². The number of methoxy groups -OCH3 is 1. The average Bonchev–Trinajstić information content (AvgIpc) is 3.25. The van der Waals surface area contributed by atoms with Gasteiger partial charge in [-0.15, -0.1) is 0 Å². The van der Waals surface area contributed by atoms with E-state index in [1.165, 1.54) is 0 Å². The number of ether oxygens (including phenoxy) is 2. The number of amides is 1. The van der Waals surface area contributed by atoms with E-state index in [0.717, 1.165) is 56.4 Å². The van der Waals surface area contributed by atoms with Crippen LogP contribution in [0.4, 0.5) is 0 Å². The predicted octanol–water partition coefficient (Wildman–Crippen LogP) is 2.80. The molecule has 1 aliphatic carbocycles. The molecule has 120 valence electrons. The molecule has 1 aromatic carbocycles. The van der Waals surface area contributed by atoms with Crippen molar-refractivity contribution in [3.05, 3.63) is 29.8 Å². The molecule has 1 saturated carbocycles. The van der Waals surface area contributed by atoms with E-state index in [2.05, 4.69) is 5.32 Å². The summed E-state index contributed by atoms with van der Waals surface area (Å²) < 4.78 is 10.8. The third-order valence-corrected chi connectivity index (χ3v) is 5.05. The lowest BCUT2D eigenvalue weighted by atomic mass is 9.78. The Bertz CT molecular complexity index is 500. The van der Waals surface area contributed by atoms with Crippen LogP contribution in [-0.2, 0) is 14.9 Å². The van der Waals surface area contributed by atoms with Crippen molar-refractivity contribution in [1.82, 2.24) is 5.32 Å². The molecule has 0 spiro atoms. The third-order valence-electron chi connectivity index (χ3n) is 5.05. The van der Waals surface area contributed by atoms with E-state index in [9.17, 15) is 4.79 Å². The van der Waals surface area contributed by atoms with Crippen LogP contribution in [0.1, 0.15) is 44.1 Å². The van der Waals surface area contributed by atoms with E-state index in [4.69, 9.17) is 9.47 Å². The fourth-order valence-electron chi connectivity index (χ4n) is 3.72. The Morgan fingerprint density at radius 2 is 2.00 bits per heavy atom. The summed E-state index contributed by atoms with van der Waals surface area (Å²) in [6.45, 7) is 1.46. The second-order valence-electron chi connectivity index (χ2n) is 6.36. The molecule has 2 aliphatic rings. The molecule has 1 unspecified atom stereocenters. The molecule has 3 rings (SSSR count). The van der Waals surface area contributed by atoms with Crippen molar-refractivity contribution < 1.29 is 14.3 Å². The molecule has 1 N–H and O–H groups in total. The Morgan fingerprint density at radius 3 is 2.59 bits per heavy atom. The van der Waals surface area contributed by atoms with Gasteiger partial charge in [0.2, 0.25) is 5.91 Å². The second-order valence-corrected chi connectivity index (χ2v) is 6.36. The molecule has 1 heterocycles. The number of nitrogens with one attached hydrogen (secondary N) is 1. The maximum Gasteiger partial charge on any atom is 0.230 e. The molecular formula is C18H25NO3. The lowest BCUT2D eigenvalue weighted by Crippen LogP contribution is -2.45. The molecule has 4 nitrogen and oxygen atoms in total. The van der Waals surface area contributed by atoms with E-state index in [0.29, 0.717) is 6.54 Å². The van der Waals surface area contributed by atoms with E-state index >= 15 is 0 Å². The number of hydrogen-bond donors (Lipinski definition) is 1. The first-order valence-corrected chi connectivity index (χ1v) is 8.29. The van der Waals surface area contributed by atoms with E-state index in [-0.39, 0.29) is 17.4 Å². The normalized spacial score (nSPS) is 23.4. The van der Waals surface area contributed by atoms with Crippen molar-refractivity contribution in [2.45, 2.75) is 50.0 Å². The average molecular weight is 303 g/mol. The van der Waals surface area contributed by atoms with Gasteiger partial charge in [-0.3, -0.25) is 4.79 Å². The SMILES string of the molecule is COc1ccc(C2(C(=O)NCC3CCCO3)CCCC2)cc1. The first-order chi connectivity index (χ1) is 10.7. The van der Waals surface area contributed by atoms with Crippen LogP contribution in [0.2, 0.25) is 0 Å². The van der Waals surface area contributed by atoms with Gasteiger partial charge >= 0.3 is 0 Å². The molecular weight excluding hydrogens is 278 g/mol. The largest absolute Gasteiger partial charge is 0.497 e. The van der Waals surface area contributed by atoms with Crippen molar-refractivity contribution in [1.29, 1.82) is 0 Å². The Balaban J connectivity index is 1.73. The Labute approximate surface area is 132 Å². The van der Waals surface area contributed by atoms with Crippen molar-refractivity contribution in [2.75, 3.05) is 20.3 Å². The van der Waals surface area contributed by atoms with Crippen molar-refractivity contribution in [2.24, 2.45) is 0 Å². The summed E-state index contributed by atoms with van der Waals surface area (Å²) in [5.74, 6) is 0.988. The van der Waals surface area contributed by atoms with Crippen molar-refractivity contribution in [3.8, 4) is 5.75 Å². The lowest BCUT2D eigenvalue weighted by Gasteiger charge is -2.29. The highest BCUT2D eigenvalue weighted by molar-refractivity contribution is 5.88. The number of carbonyl (C=O) groups excluding carboxylic acids is 1. The van der Waals surface area contributed by atoms with Gasteiger partial charge in [0.1, 0.15) is 5.75 Å². The molecule has 22 heavy (non-hydrogen) atoms. The topological polar surface area (TPSA) is 47.6 Å². The maximum atomic E-state index is 12.9. The van der Waals surface area contributed by atoms with Crippen LogP contribution in [0.25, 0.3) is 0 Å². The second kappa shape index (κ2) is 6.69. The molecule has 0 radical (unpaired) electrons. The summed E-state index contributed by atoms with van der Waals surface area (Å²) in [6.07, 6.45) is 6.42. The van der Waals surface area contributed by atoms with Gasteiger partial charge in [0.25, 0.3) is 0 Å². The maximum absolute atomic E-state index is 12.9. The number of benzene rings is 1. The molecule has 1 atom stereocenters. The number of carbonyl (C=O) groups is 1. The minimum atomic E-state index is -0.370. The Kier molecular flexibility index (Phi) is 4.67. The standard InChI is InChI=1S/C18H25NO3/c1-21-15-8-6-14(7-9-15)18(10-2-3-11-18)17(20)19-13-16-5-4-12-22-16/h6-9,16H,2-5,10-13H2,1H3,(H,19,20). The molecule has 0 aromatic heterocycles. The van der Waals surface area contributed by atoms with Crippen LogP contribution in [0.5, 0.6) is 5.75 Å². The summed E-state index contributed by atoms with van der Waals surface area (Å²) in [7, 11) is 1.66. The van der Waals surface area contributed by atoms with E-state index < -0.39 is 0 Å². The molecule has 4 heteroatoms. The zero-order valence-electron chi connectivity index (χ0n) is 13.3. The summed E-state index contributed by atoms with van der Waals surface area (Å²) >= 11 is 0. The zero-order valence-corrected chi connectivity index (χ0v) is 13.3. The van der Waals surface area contributed by atoms with Gasteiger partial charge in [-0.05, 0) is 43.4 Å². The summed E-state index contributed by atoms with van der Waals surface area (Å²) in [5, 5.41) is 3.14. The summed E-state index contributed by atoms with van der Waals surface area (Å²) in [6, 6.07) is 7.97. The van der Waals surface area contributed by atoms with Crippen LogP contribution in [-0.4, -0.2) is 32.3 Å². The first-order valence-electron chi connectivity index (χ1n) is 8.29. The van der Waals surface area contributed by atoms with Gasteiger partial charge in [-0.25, -0.2) is 0 Å². The van der Waals surface area contributed by atoms with E-state index in [1.807, 2.05) is 24.3 Å². The zero-order chi connectivity index (χ0) is 15.4. The lowest BCUT2D eigenvalue weighted by molar-refractivity contribution is -0.127. The van der Waals surface area contributed by atoms with Gasteiger partial charge in [0, 0.05) is 13.2 Å². The fraction of sp³-hybridized carbons (Fsp3) is 0.611. The van der Waals surface area contributed by atoms with Gasteiger partial charge in [0.15, 0.2) is 0 Å².